The molecular formula is C12H18FNO2. The third kappa shape index (κ3) is 3.47. The molecule has 1 rings (SSSR count). The van der Waals surface area contributed by atoms with E-state index in [2.05, 4.69) is 0 Å². The molecule has 0 saturated heterocycles. The highest BCUT2D eigenvalue weighted by Gasteiger charge is 2.11. The topological polar surface area (TPSA) is 55.5 Å². The van der Waals surface area contributed by atoms with Crippen LogP contribution in [0.5, 0.6) is 5.75 Å². The summed E-state index contributed by atoms with van der Waals surface area (Å²) >= 11 is 0. The van der Waals surface area contributed by atoms with Crippen molar-refractivity contribution in [2.24, 2.45) is 5.73 Å². The minimum atomic E-state index is -0.508. The van der Waals surface area contributed by atoms with Crippen molar-refractivity contribution in [2.45, 2.75) is 32.4 Å². The summed E-state index contributed by atoms with van der Waals surface area (Å²) in [5.41, 5.74) is 6.33. The number of hydrogen-bond acceptors (Lipinski definition) is 3. The fourth-order valence-electron chi connectivity index (χ4n) is 1.31. The molecule has 0 bridgehead atoms. The van der Waals surface area contributed by atoms with E-state index in [0.29, 0.717) is 17.7 Å². The molecule has 2 unspecified atom stereocenters. The Morgan fingerprint density at radius 3 is 2.75 bits per heavy atom. The molecule has 1 aromatic rings. The summed E-state index contributed by atoms with van der Waals surface area (Å²) < 4.78 is 18.4. The van der Waals surface area contributed by atoms with E-state index in [9.17, 15) is 9.50 Å². The Balaban J connectivity index is 2.78. The van der Waals surface area contributed by atoms with Crippen LogP contribution in [0.15, 0.2) is 18.2 Å². The molecule has 2 atom stereocenters. The second-order valence-electron chi connectivity index (χ2n) is 3.84. The van der Waals surface area contributed by atoms with E-state index >= 15 is 0 Å². The summed E-state index contributed by atoms with van der Waals surface area (Å²) in [4.78, 5) is 0. The van der Waals surface area contributed by atoms with Crippen molar-refractivity contribution in [3.63, 3.8) is 0 Å². The zero-order valence-electron chi connectivity index (χ0n) is 9.61. The van der Waals surface area contributed by atoms with Crippen molar-refractivity contribution < 1.29 is 14.2 Å². The molecule has 1 aromatic carbocycles. The van der Waals surface area contributed by atoms with Crippen molar-refractivity contribution in [3.05, 3.63) is 29.6 Å². The number of rotatable bonds is 5. The van der Waals surface area contributed by atoms with Gasteiger partial charge in [-0.2, -0.15) is 0 Å². The molecule has 3 N–H and O–H groups in total. The van der Waals surface area contributed by atoms with E-state index in [-0.39, 0.29) is 18.5 Å². The molecule has 0 aliphatic heterocycles. The maximum Gasteiger partial charge on any atom is 0.124 e. The van der Waals surface area contributed by atoms with E-state index in [1.807, 2.05) is 6.92 Å². The molecule has 16 heavy (non-hydrogen) atoms. The highest BCUT2D eigenvalue weighted by atomic mass is 19.1. The standard InChI is InChI=1S/C12H18FNO2/c1-3-10(15)7-16-12-5-4-9(13)6-11(12)8(2)14/h4-6,8,10,15H,3,7,14H2,1-2H3. The van der Waals surface area contributed by atoms with Crippen LogP contribution < -0.4 is 10.5 Å². The molecule has 0 aromatic heterocycles. The summed E-state index contributed by atoms with van der Waals surface area (Å²) in [5, 5.41) is 9.37. The van der Waals surface area contributed by atoms with E-state index in [1.165, 1.54) is 18.2 Å². The molecule has 0 heterocycles. The Bertz CT molecular complexity index is 342. The fraction of sp³-hybridized carbons (Fsp3) is 0.500. The summed E-state index contributed by atoms with van der Waals surface area (Å²) in [5.74, 6) is 0.194. The first-order valence-corrected chi connectivity index (χ1v) is 5.40. The first-order chi connectivity index (χ1) is 7.54. The minimum absolute atomic E-state index is 0.196. The Morgan fingerprint density at radius 1 is 1.50 bits per heavy atom. The molecule has 3 nitrogen and oxygen atoms in total. The third-order valence-corrected chi connectivity index (χ3v) is 2.36. The summed E-state index contributed by atoms with van der Waals surface area (Å²) in [6.45, 7) is 3.82. The number of aliphatic hydroxyl groups is 1. The normalized spacial score (nSPS) is 14.6. The van der Waals surface area contributed by atoms with Crippen molar-refractivity contribution in [2.75, 3.05) is 6.61 Å². The number of ether oxygens (including phenoxy) is 1. The molecule has 0 spiro atoms. The van der Waals surface area contributed by atoms with Gasteiger partial charge in [0.15, 0.2) is 0 Å². The van der Waals surface area contributed by atoms with Crippen molar-refractivity contribution >= 4 is 0 Å². The van der Waals surface area contributed by atoms with Gasteiger partial charge in [-0.15, -0.1) is 0 Å². The second kappa shape index (κ2) is 5.82. The molecule has 0 saturated carbocycles. The smallest absolute Gasteiger partial charge is 0.124 e. The lowest BCUT2D eigenvalue weighted by molar-refractivity contribution is 0.103. The predicted molar refractivity (Wildman–Crippen MR) is 60.8 cm³/mol. The quantitative estimate of drug-likeness (QED) is 0.808. The van der Waals surface area contributed by atoms with Gasteiger partial charge >= 0.3 is 0 Å². The lowest BCUT2D eigenvalue weighted by Crippen LogP contribution is -2.17. The second-order valence-corrected chi connectivity index (χ2v) is 3.84. The van der Waals surface area contributed by atoms with Crippen LogP contribution >= 0.6 is 0 Å². The van der Waals surface area contributed by atoms with Crippen LogP contribution in [-0.2, 0) is 0 Å². The monoisotopic (exact) mass is 227 g/mol. The molecular weight excluding hydrogens is 209 g/mol. The maximum atomic E-state index is 13.0. The van der Waals surface area contributed by atoms with Crippen LogP contribution in [0.25, 0.3) is 0 Å². The first-order valence-electron chi connectivity index (χ1n) is 5.40. The van der Waals surface area contributed by atoms with Gasteiger partial charge in [0.05, 0.1) is 6.10 Å². The lowest BCUT2D eigenvalue weighted by atomic mass is 10.1. The number of nitrogens with two attached hydrogens (primary N) is 1. The molecule has 90 valence electrons. The predicted octanol–water partition coefficient (Wildman–Crippen LogP) is 2.00. The summed E-state index contributed by atoms with van der Waals surface area (Å²) in [6.07, 6.45) is 0.111. The maximum absolute atomic E-state index is 13.0. The number of benzene rings is 1. The van der Waals surface area contributed by atoms with Gasteiger partial charge in [-0.25, -0.2) is 4.39 Å². The fourth-order valence-corrected chi connectivity index (χ4v) is 1.31. The van der Waals surface area contributed by atoms with Gasteiger partial charge in [-0.1, -0.05) is 6.92 Å². The molecule has 0 radical (unpaired) electrons. The van der Waals surface area contributed by atoms with Crippen LogP contribution in [0.1, 0.15) is 31.9 Å². The number of aliphatic hydroxyl groups excluding tert-OH is 1. The van der Waals surface area contributed by atoms with Gasteiger partial charge in [0.25, 0.3) is 0 Å². The van der Waals surface area contributed by atoms with E-state index in [4.69, 9.17) is 10.5 Å². The molecule has 0 aliphatic rings. The van der Waals surface area contributed by atoms with E-state index < -0.39 is 6.10 Å². The van der Waals surface area contributed by atoms with Crippen LogP contribution in [-0.4, -0.2) is 17.8 Å². The van der Waals surface area contributed by atoms with Gasteiger partial charge in [0.2, 0.25) is 0 Å². The third-order valence-electron chi connectivity index (χ3n) is 2.36. The SMILES string of the molecule is CCC(O)COc1ccc(F)cc1C(C)N. The van der Waals surface area contributed by atoms with Crippen molar-refractivity contribution in [1.82, 2.24) is 0 Å². The van der Waals surface area contributed by atoms with Gasteiger partial charge in [-0.3, -0.25) is 0 Å². The minimum Gasteiger partial charge on any atom is -0.491 e. The van der Waals surface area contributed by atoms with Crippen LogP contribution in [0, 0.1) is 5.82 Å². The lowest BCUT2D eigenvalue weighted by Gasteiger charge is -2.15. The van der Waals surface area contributed by atoms with E-state index in [1.54, 1.807) is 6.92 Å². The number of hydrogen-bond donors (Lipinski definition) is 2. The molecule has 4 heteroatoms. The Labute approximate surface area is 95.0 Å². The summed E-state index contributed by atoms with van der Waals surface area (Å²) in [6, 6.07) is 3.92. The van der Waals surface area contributed by atoms with Crippen LogP contribution in [0.4, 0.5) is 4.39 Å². The summed E-state index contributed by atoms with van der Waals surface area (Å²) in [7, 11) is 0. The van der Waals surface area contributed by atoms with Gasteiger partial charge < -0.3 is 15.6 Å². The molecule has 0 aliphatic carbocycles. The molecule has 0 amide bonds. The van der Waals surface area contributed by atoms with E-state index in [0.717, 1.165) is 0 Å². The van der Waals surface area contributed by atoms with Crippen molar-refractivity contribution in [1.29, 1.82) is 0 Å². The largest absolute Gasteiger partial charge is 0.491 e. The highest BCUT2D eigenvalue weighted by Crippen LogP contribution is 2.24. The van der Waals surface area contributed by atoms with Crippen molar-refractivity contribution in [3.8, 4) is 5.75 Å². The Morgan fingerprint density at radius 2 is 2.19 bits per heavy atom. The Kier molecular flexibility index (Phi) is 4.71. The number of halogens is 1. The molecule has 0 fully saturated rings. The average molecular weight is 227 g/mol. The zero-order chi connectivity index (χ0) is 12.1. The van der Waals surface area contributed by atoms with Gasteiger partial charge in [0, 0.05) is 11.6 Å². The van der Waals surface area contributed by atoms with Gasteiger partial charge in [-0.05, 0) is 31.5 Å². The Hall–Kier alpha value is -1.13. The highest BCUT2D eigenvalue weighted by molar-refractivity contribution is 5.36. The average Bonchev–Trinajstić information content (AvgIpc) is 2.26. The zero-order valence-corrected chi connectivity index (χ0v) is 9.61. The van der Waals surface area contributed by atoms with Crippen LogP contribution in [0.3, 0.4) is 0 Å². The first kappa shape index (κ1) is 12.9. The van der Waals surface area contributed by atoms with Crippen LogP contribution in [0.2, 0.25) is 0 Å². The van der Waals surface area contributed by atoms with Gasteiger partial charge in [0.1, 0.15) is 18.2 Å².